The minimum atomic E-state index is -3.72. The van der Waals surface area contributed by atoms with Gasteiger partial charge in [-0.2, -0.15) is 0 Å². The van der Waals surface area contributed by atoms with Crippen LogP contribution in [0.25, 0.3) is 0 Å². The molecule has 0 bridgehead atoms. The maximum absolute atomic E-state index is 12.2. The Balaban J connectivity index is 3.82. The molecule has 0 heterocycles. The zero-order chi connectivity index (χ0) is 20.5. The van der Waals surface area contributed by atoms with E-state index in [1.807, 2.05) is 19.0 Å². The summed E-state index contributed by atoms with van der Waals surface area (Å²) in [6, 6.07) is 0. The highest BCUT2D eigenvalue weighted by atomic mass is 31.2. The van der Waals surface area contributed by atoms with Gasteiger partial charge in [-0.25, -0.2) is 4.57 Å². The maximum atomic E-state index is 12.2. The molecule has 9 heteroatoms. The lowest BCUT2D eigenvalue weighted by atomic mass is 10.1. The van der Waals surface area contributed by atoms with Crippen LogP contribution < -0.4 is 0 Å². The Bertz CT molecular complexity index is 421. The minimum absolute atomic E-state index is 0.168. The minimum Gasteiger partial charge on any atom is -0.463 e. The second kappa shape index (κ2) is 16.5. The third-order valence-corrected chi connectivity index (χ3v) is 5.27. The first kappa shape index (κ1) is 26.5. The van der Waals surface area contributed by atoms with Gasteiger partial charge in [0.15, 0.2) is 0 Å². The first-order chi connectivity index (χ1) is 12.8. The van der Waals surface area contributed by atoms with Gasteiger partial charge in [-0.15, -0.1) is 0 Å². The SMILES string of the molecule is CCCCCCCCCC(=O)OC[C@@H](O)COP(=O)(OC)OCCN(C)C. The number of nitrogens with zero attached hydrogens (tertiary/aromatic N) is 1. The number of carbonyl (C=O) groups is 1. The number of rotatable bonds is 18. The van der Waals surface area contributed by atoms with E-state index in [4.69, 9.17) is 18.3 Å². The fourth-order valence-corrected chi connectivity index (χ4v) is 3.14. The summed E-state index contributed by atoms with van der Waals surface area (Å²) in [7, 11) is 1.20. The smallest absolute Gasteiger partial charge is 0.463 e. The molecule has 0 aliphatic rings. The van der Waals surface area contributed by atoms with Crippen molar-refractivity contribution in [1.82, 2.24) is 4.90 Å². The Kier molecular flexibility index (Phi) is 16.1. The van der Waals surface area contributed by atoms with Crippen LogP contribution in [0.15, 0.2) is 0 Å². The molecule has 0 rings (SSSR count). The van der Waals surface area contributed by atoms with Crippen LogP contribution in [0.3, 0.4) is 0 Å². The van der Waals surface area contributed by atoms with E-state index in [2.05, 4.69) is 6.92 Å². The highest BCUT2D eigenvalue weighted by Crippen LogP contribution is 2.48. The van der Waals surface area contributed by atoms with Gasteiger partial charge in [0.1, 0.15) is 12.7 Å². The summed E-state index contributed by atoms with van der Waals surface area (Å²) >= 11 is 0. The van der Waals surface area contributed by atoms with E-state index < -0.39 is 13.9 Å². The summed E-state index contributed by atoms with van der Waals surface area (Å²) < 4.78 is 32.1. The second-order valence-corrected chi connectivity index (χ2v) is 8.55. The zero-order valence-corrected chi connectivity index (χ0v) is 18.2. The number of aliphatic hydroxyl groups is 1. The van der Waals surface area contributed by atoms with Crippen molar-refractivity contribution >= 4 is 13.8 Å². The molecule has 0 aromatic rings. The van der Waals surface area contributed by atoms with Gasteiger partial charge < -0.3 is 14.7 Å². The van der Waals surface area contributed by atoms with Gasteiger partial charge in [-0.1, -0.05) is 45.4 Å². The number of phosphoric acid groups is 1. The molecule has 0 aliphatic carbocycles. The van der Waals surface area contributed by atoms with Crippen LogP contribution in [0, 0.1) is 0 Å². The van der Waals surface area contributed by atoms with Crippen LogP contribution >= 0.6 is 7.82 Å². The van der Waals surface area contributed by atoms with E-state index in [9.17, 15) is 14.5 Å². The number of aliphatic hydroxyl groups excluding tert-OH is 1. The first-order valence-electron chi connectivity index (χ1n) is 9.76. The van der Waals surface area contributed by atoms with Crippen molar-refractivity contribution < 1.29 is 32.8 Å². The van der Waals surface area contributed by atoms with Gasteiger partial charge in [0.05, 0.1) is 13.2 Å². The summed E-state index contributed by atoms with van der Waals surface area (Å²) in [6.45, 7) is 2.38. The summed E-state index contributed by atoms with van der Waals surface area (Å²) in [5.74, 6) is -0.347. The fourth-order valence-electron chi connectivity index (χ4n) is 2.19. The van der Waals surface area contributed by atoms with Gasteiger partial charge >= 0.3 is 13.8 Å². The number of likely N-dealkylation sites (N-methyl/N-ethyl adjacent to an activating group) is 1. The van der Waals surface area contributed by atoms with Crippen molar-refractivity contribution in [2.45, 2.75) is 64.4 Å². The van der Waals surface area contributed by atoms with Crippen molar-refractivity contribution in [2.24, 2.45) is 0 Å². The Morgan fingerprint density at radius 3 is 2.26 bits per heavy atom. The number of hydrogen-bond donors (Lipinski definition) is 1. The number of esters is 1. The van der Waals surface area contributed by atoms with E-state index >= 15 is 0 Å². The summed E-state index contributed by atoms with van der Waals surface area (Å²) in [5, 5.41) is 9.82. The molecule has 0 amide bonds. The van der Waals surface area contributed by atoms with E-state index in [1.54, 1.807) is 0 Å². The van der Waals surface area contributed by atoms with Crippen LogP contribution in [0.1, 0.15) is 58.3 Å². The third kappa shape index (κ3) is 16.2. The Hall–Kier alpha value is -0.500. The van der Waals surface area contributed by atoms with Crippen LogP contribution in [-0.4, -0.2) is 69.7 Å². The molecule has 0 radical (unpaired) electrons. The summed E-state index contributed by atoms with van der Waals surface area (Å²) in [4.78, 5) is 13.5. The van der Waals surface area contributed by atoms with Crippen molar-refractivity contribution in [3.63, 3.8) is 0 Å². The number of ether oxygens (including phenoxy) is 1. The topological polar surface area (TPSA) is 94.5 Å². The van der Waals surface area contributed by atoms with Gasteiger partial charge in [0.2, 0.25) is 0 Å². The number of carbonyl (C=O) groups excluding carboxylic acids is 1. The van der Waals surface area contributed by atoms with Gasteiger partial charge in [-0.3, -0.25) is 18.4 Å². The highest BCUT2D eigenvalue weighted by molar-refractivity contribution is 7.48. The monoisotopic (exact) mass is 411 g/mol. The molecule has 1 N–H and O–H groups in total. The molecule has 0 aromatic carbocycles. The molecule has 8 nitrogen and oxygen atoms in total. The van der Waals surface area contributed by atoms with Crippen LogP contribution in [0.2, 0.25) is 0 Å². The molecule has 2 atom stereocenters. The zero-order valence-electron chi connectivity index (χ0n) is 17.4. The molecule has 0 saturated carbocycles. The van der Waals surface area contributed by atoms with Crippen molar-refractivity contribution in [2.75, 3.05) is 47.6 Å². The lowest BCUT2D eigenvalue weighted by Crippen LogP contribution is -2.24. The third-order valence-electron chi connectivity index (χ3n) is 3.86. The molecule has 1 unspecified atom stereocenters. The van der Waals surface area contributed by atoms with Crippen LogP contribution in [0.5, 0.6) is 0 Å². The van der Waals surface area contributed by atoms with Crippen LogP contribution in [-0.2, 0) is 27.7 Å². The van der Waals surface area contributed by atoms with Gasteiger partial charge in [0.25, 0.3) is 0 Å². The van der Waals surface area contributed by atoms with E-state index in [0.29, 0.717) is 13.0 Å². The van der Waals surface area contributed by atoms with Crippen molar-refractivity contribution in [3.8, 4) is 0 Å². The van der Waals surface area contributed by atoms with Gasteiger partial charge in [0, 0.05) is 20.1 Å². The molecule has 0 aromatic heterocycles. The lowest BCUT2D eigenvalue weighted by molar-refractivity contribution is -0.147. The molecule has 162 valence electrons. The Morgan fingerprint density at radius 1 is 1.04 bits per heavy atom. The first-order valence-corrected chi connectivity index (χ1v) is 11.2. The Labute approximate surface area is 164 Å². The van der Waals surface area contributed by atoms with E-state index in [0.717, 1.165) is 19.3 Å². The van der Waals surface area contributed by atoms with Crippen molar-refractivity contribution in [1.29, 1.82) is 0 Å². The molecule has 0 spiro atoms. The number of hydrogen-bond acceptors (Lipinski definition) is 8. The number of unbranched alkanes of at least 4 members (excludes halogenated alkanes) is 6. The van der Waals surface area contributed by atoms with E-state index in [-0.39, 0.29) is 25.8 Å². The largest absolute Gasteiger partial charge is 0.474 e. The molecule has 0 saturated heterocycles. The van der Waals surface area contributed by atoms with Crippen LogP contribution in [0.4, 0.5) is 0 Å². The molecule has 27 heavy (non-hydrogen) atoms. The second-order valence-electron chi connectivity index (χ2n) is 6.77. The highest BCUT2D eigenvalue weighted by Gasteiger charge is 2.26. The molecule has 0 fully saturated rings. The Morgan fingerprint density at radius 2 is 1.67 bits per heavy atom. The predicted molar refractivity (Wildman–Crippen MR) is 105 cm³/mol. The normalized spacial score (nSPS) is 14.9. The predicted octanol–water partition coefficient (Wildman–Crippen LogP) is 3.38. The standard InChI is InChI=1S/C18H38NO7P/c1-5-6-7-8-9-10-11-12-18(21)24-15-17(20)16-26-27(22,23-4)25-14-13-19(2)3/h17,20H,5-16H2,1-4H3/t17-,27?/m1/s1. The molecular formula is C18H38NO7P. The molecular weight excluding hydrogens is 373 g/mol. The summed E-state index contributed by atoms with van der Waals surface area (Å²) in [6.07, 6.45) is 7.10. The average Bonchev–Trinajstić information content (AvgIpc) is 2.63. The van der Waals surface area contributed by atoms with Gasteiger partial charge in [-0.05, 0) is 20.5 Å². The fraction of sp³-hybridized carbons (Fsp3) is 0.944. The summed E-state index contributed by atoms with van der Waals surface area (Å²) in [5.41, 5.74) is 0. The number of phosphoric ester groups is 1. The average molecular weight is 411 g/mol. The van der Waals surface area contributed by atoms with Crippen molar-refractivity contribution in [3.05, 3.63) is 0 Å². The van der Waals surface area contributed by atoms with E-state index in [1.165, 1.54) is 32.8 Å². The maximum Gasteiger partial charge on any atom is 0.474 e. The lowest BCUT2D eigenvalue weighted by Gasteiger charge is -2.19. The molecule has 0 aliphatic heterocycles. The quantitative estimate of drug-likeness (QED) is 0.208.